The zero-order valence-electron chi connectivity index (χ0n) is 18.2. The van der Waals surface area contributed by atoms with Crippen LogP contribution < -0.4 is 10.3 Å². The smallest absolute Gasteiger partial charge is 0.422 e. The van der Waals surface area contributed by atoms with Gasteiger partial charge in [0.25, 0.3) is 5.56 Å². The number of aromatic nitrogens is 1. The van der Waals surface area contributed by atoms with Gasteiger partial charge in [0.15, 0.2) is 5.60 Å². The monoisotopic (exact) mass is 510 g/mol. The minimum absolute atomic E-state index is 0.0197. The fraction of sp³-hybridized carbons (Fsp3) is 0.250. The Morgan fingerprint density at radius 3 is 2.32 bits per heavy atom. The zero-order chi connectivity index (χ0) is 25.4. The number of nitrogens with zero attached hydrogens (tertiary/aromatic N) is 2. The first kappa shape index (κ1) is 25.6. The van der Waals surface area contributed by atoms with Crippen molar-refractivity contribution in [3.63, 3.8) is 0 Å². The van der Waals surface area contributed by atoms with Crippen LogP contribution in [0.5, 0.6) is 11.5 Å². The molecule has 0 spiro atoms. The van der Waals surface area contributed by atoms with E-state index < -0.39 is 28.8 Å². The van der Waals surface area contributed by atoms with E-state index in [0.29, 0.717) is 5.56 Å². The summed E-state index contributed by atoms with van der Waals surface area (Å²) in [6.45, 7) is 2.58. The molecule has 10 heteroatoms. The third-order valence-corrected chi connectivity index (χ3v) is 6.21. The predicted octanol–water partition coefficient (Wildman–Crippen LogP) is 6.22. The lowest BCUT2D eigenvalue weighted by molar-refractivity contribution is -0.274. The van der Waals surface area contributed by atoms with E-state index in [4.69, 9.17) is 33.2 Å². The standard InChI is InChI=1S/C24H19Cl2F3N2O3/c1-13-8-16(12-31(3)22(13)32)23(33,24(27,28)29)14(2)18-6-5-17(10-19(18)25)34-21-7-4-15(11-30)9-20(21)26/h4-10,12,14,33H,1-3H3/t14-,23-/m1/s1. The molecule has 1 N–H and O–H groups in total. The summed E-state index contributed by atoms with van der Waals surface area (Å²) in [4.78, 5) is 12.0. The summed E-state index contributed by atoms with van der Waals surface area (Å²) in [6.07, 6.45) is -4.11. The van der Waals surface area contributed by atoms with Gasteiger partial charge in [0.1, 0.15) is 11.5 Å². The van der Waals surface area contributed by atoms with E-state index >= 15 is 0 Å². The predicted molar refractivity (Wildman–Crippen MR) is 122 cm³/mol. The normalized spacial score (nSPS) is 14.2. The number of aliphatic hydroxyl groups is 1. The number of rotatable bonds is 5. The Labute approximate surface area is 203 Å². The Bertz CT molecular complexity index is 1320. The van der Waals surface area contributed by atoms with E-state index in [-0.39, 0.29) is 32.7 Å². The van der Waals surface area contributed by atoms with Crippen molar-refractivity contribution in [3.8, 4) is 17.6 Å². The van der Waals surface area contributed by atoms with Gasteiger partial charge in [0.05, 0.1) is 16.7 Å². The number of hydrogen-bond donors (Lipinski definition) is 1. The van der Waals surface area contributed by atoms with E-state index in [2.05, 4.69) is 0 Å². The molecule has 2 aromatic carbocycles. The first-order chi connectivity index (χ1) is 15.8. The minimum Gasteiger partial charge on any atom is -0.456 e. The second-order valence-corrected chi connectivity index (χ2v) is 8.67. The van der Waals surface area contributed by atoms with Crippen molar-refractivity contribution in [1.29, 1.82) is 5.26 Å². The third-order valence-electron chi connectivity index (χ3n) is 5.59. The van der Waals surface area contributed by atoms with Crippen LogP contribution in [0.1, 0.15) is 35.1 Å². The Hall–Kier alpha value is -2.99. The van der Waals surface area contributed by atoms with Gasteiger partial charge in [-0.1, -0.05) is 36.2 Å². The number of aryl methyl sites for hydroxylation is 2. The van der Waals surface area contributed by atoms with Crippen molar-refractivity contribution in [2.45, 2.75) is 31.5 Å². The van der Waals surface area contributed by atoms with Crippen LogP contribution in [0.3, 0.4) is 0 Å². The quantitative estimate of drug-likeness (QED) is 0.442. The lowest BCUT2D eigenvalue weighted by Gasteiger charge is -2.37. The molecule has 0 unspecified atom stereocenters. The number of benzene rings is 2. The maximum Gasteiger partial charge on any atom is 0.422 e. The summed E-state index contributed by atoms with van der Waals surface area (Å²) in [5, 5.41) is 20.0. The number of ether oxygens (including phenoxy) is 1. The molecular weight excluding hydrogens is 492 g/mol. The van der Waals surface area contributed by atoms with Gasteiger partial charge >= 0.3 is 6.18 Å². The van der Waals surface area contributed by atoms with Crippen LogP contribution in [0.4, 0.5) is 13.2 Å². The average Bonchev–Trinajstić information content (AvgIpc) is 2.76. The van der Waals surface area contributed by atoms with Crippen molar-refractivity contribution >= 4 is 23.2 Å². The molecule has 3 aromatic rings. The number of halogens is 5. The highest BCUT2D eigenvalue weighted by Crippen LogP contribution is 2.50. The summed E-state index contributed by atoms with van der Waals surface area (Å²) in [5.41, 5.74) is -3.87. The van der Waals surface area contributed by atoms with E-state index in [1.807, 2.05) is 6.07 Å². The van der Waals surface area contributed by atoms with Crippen molar-refractivity contribution in [1.82, 2.24) is 4.57 Å². The average molecular weight is 511 g/mol. The van der Waals surface area contributed by atoms with Gasteiger partial charge in [0, 0.05) is 35.3 Å². The first-order valence-corrected chi connectivity index (χ1v) is 10.7. The highest BCUT2D eigenvalue weighted by molar-refractivity contribution is 6.32. The van der Waals surface area contributed by atoms with Crippen LogP contribution in [0.15, 0.2) is 53.5 Å². The van der Waals surface area contributed by atoms with Crippen molar-refractivity contribution in [3.05, 3.63) is 91.3 Å². The van der Waals surface area contributed by atoms with Crippen LogP contribution in [-0.4, -0.2) is 15.8 Å². The van der Waals surface area contributed by atoms with Crippen LogP contribution in [0.25, 0.3) is 0 Å². The van der Waals surface area contributed by atoms with Crippen molar-refractivity contribution in [2.75, 3.05) is 0 Å². The van der Waals surface area contributed by atoms with E-state index in [1.54, 1.807) is 0 Å². The van der Waals surface area contributed by atoms with Gasteiger partial charge in [-0.2, -0.15) is 18.4 Å². The Morgan fingerprint density at radius 1 is 1.12 bits per heavy atom. The maximum absolute atomic E-state index is 14.3. The minimum atomic E-state index is -5.08. The Balaban J connectivity index is 2.02. The fourth-order valence-electron chi connectivity index (χ4n) is 3.67. The lowest BCUT2D eigenvalue weighted by Crippen LogP contribution is -2.47. The largest absolute Gasteiger partial charge is 0.456 e. The van der Waals surface area contributed by atoms with E-state index in [1.165, 1.54) is 57.3 Å². The van der Waals surface area contributed by atoms with Crippen molar-refractivity contribution < 1.29 is 23.0 Å². The maximum atomic E-state index is 14.3. The Kier molecular flexibility index (Phi) is 7.04. The second-order valence-electron chi connectivity index (χ2n) is 7.86. The molecule has 0 aliphatic heterocycles. The zero-order valence-corrected chi connectivity index (χ0v) is 19.8. The van der Waals surface area contributed by atoms with Gasteiger partial charge in [0.2, 0.25) is 0 Å². The van der Waals surface area contributed by atoms with Gasteiger partial charge < -0.3 is 14.4 Å². The molecule has 0 aliphatic carbocycles. The molecule has 3 rings (SSSR count). The Morgan fingerprint density at radius 2 is 1.79 bits per heavy atom. The molecule has 0 bridgehead atoms. The van der Waals surface area contributed by atoms with Gasteiger partial charge in [-0.3, -0.25) is 4.79 Å². The number of hydrogen-bond acceptors (Lipinski definition) is 4. The highest BCUT2D eigenvalue weighted by atomic mass is 35.5. The first-order valence-electron chi connectivity index (χ1n) is 9.93. The molecule has 1 aromatic heterocycles. The molecule has 178 valence electrons. The number of alkyl halides is 3. The molecule has 5 nitrogen and oxygen atoms in total. The summed E-state index contributed by atoms with van der Waals surface area (Å²) in [6, 6.07) is 11.4. The van der Waals surface area contributed by atoms with Crippen LogP contribution in [-0.2, 0) is 12.6 Å². The van der Waals surface area contributed by atoms with Gasteiger partial charge in [-0.15, -0.1) is 0 Å². The number of nitriles is 1. The SMILES string of the molecule is Cc1cc([C@](O)([C@H](C)c2ccc(Oc3ccc(C#N)cc3Cl)cc2Cl)C(F)(F)F)cn(C)c1=O. The van der Waals surface area contributed by atoms with Crippen molar-refractivity contribution in [2.24, 2.45) is 7.05 Å². The molecule has 0 saturated heterocycles. The van der Waals surface area contributed by atoms with E-state index in [9.17, 15) is 23.1 Å². The molecule has 34 heavy (non-hydrogen) atoms. The molecule has 0 fully saturated rings. The van der Waals surface area contributed by atoms with Gasteiger partial charge in [-0.25, -0.2) is 0 Å². The van der Waals surface area contributed by atoms with Crippen LogP contribution in [0.2, 0.25) is 10.0 Å². The molecule has 0 aliphatic rings. The summed E-state index contributed by atoms with van der Waals surface area (Å²) < 4.78 is 49.4. The molecule has 2 atom stereocenters. The summed E-state index contributed by atoms with van der Waals surface area (Å²) in [7, 11) is 1.31. The highest BCUT2D eigenvalue weighted by Gasteiger charge is 2.59. The third kappa shape index (κ3) is 4.64. The topological polar surface area (TPSA) is 75.2 Å². The van der Waals surface area contributed by atoms with Crippen LogP contribution >= 0.6 is 23.2 Å². The second kappa shape index (κ2) is 9.34. The number of pyridine rings is 1. The molecular formula is C24H19Cl2F3N2O3. The fourth-order valence-corrected chi connectivity index (χ4v) is 4.23. The van der Waals surface area contributed by atoms with E-state index in [0.717, 1.165) is 16.8 Å². The lowest BCUT2D eigenvalue weighted by atomic mass is 9.78. The van der Waals surface area contributed by atoms with Crippen LogP contribution in [0, 0.1) is 18.3 Å². The molecule has 0 amide bonds. The molecule has 0 saturated carbocycles. The molecule has 1 heterocycles. The van der Waals surface area contributed by atoms with Gasteiger partial charge in [-0.05, 0) is 48.9 Å². The summed E-state index contributed by atoms with van der Waals surface area (Å²) in [5.74, 6) is -1.12. The molecule has 0 radical (unpaired) electrons. The summed E-state index contributed by atoms with van der Waals surface area (Å²) >= 11 is 12.4.